The van der Waals surface area contributed by atoms with Gasteiger partial charge in [0, 0.05) is 36.1 Å². The second-order valence-corrected chi connectivity index (χ2v) is 8.73. The molecule has 1 aliphatic carbocycles. The van der Waals surface area contributed by atoms with E-state index in [0.717, 1.165) is 59.4 Å². The molecule has 1 fully saturated rings. The zero-order valence-electron chi connectivity index (χ0n) is 17.7. The maximum absolute atomic E-state index is 13.5. The minimum Gasteiger partial charge on any atom is -0.381 e. The summed E-state index contributed by atoms with van der Waals surface area (Å²) in [5.41, 5.74) is 11.0. The Bertz CT molecular complexity index is 1050. The Morgan fingerprint density at radius 1 is 1.10 bits per heavy atom. The van der Waals surface area contributed by atoms with Crippen molar-refractivity contribution < 1.29 is 4.39 Å². The molecule has 1 aromatic heterocycles. The molecule has 3 aromatic rings. The number of nitrogens with zero attached hydrogens (tertiary/aromatic N) is 1. The maximum atomic E-state index is 13.5. The van der Waals surface area contributed by atoms with Crippen molar-refractivity contribution in [1.29, 1.82) is 0 Å². The van der Waals surface area contributed by atoms with Gasteiger partial charge in [-0.3, -0.25) is 0 Å². The summed E-state index contributed by atoms with van der Waals surface area (Å²) in [6.45, 7) is 2.59. The standard InChI is InChI=1S/C25H28ClFN4/c1-16-5-6-18(12-24(16)29-14-17-3-2-4-19(27)11-17)22-13-25(30-15-23(22)26)31-21-9-7-20(28)8-10-21/h2-6,11-13,15,20-21,29H,7-10,14,28H2,1H3,(H,30,31)/t20-,21-. The summed E-state index contributed by atoms with van der Waals surface area (Å²) in [6.07, 6.45) is 5.89. The van der Waals surface area contributed by atoms with E-state index in [4.69, 9.17) is 17.3 Å². The third-order valence-corrected chi connectivity index (χ3v) is 6.20. The fourth-order valence-corrected chi connectivity index (χ4v) is 4.25. The third kappa shape index (κ3) is 5.54. The van der Waals surface area contributed by atoms with Crippen LogP contribution >= 0.6 is 11.6 Å². The molecule has 0 saturated heterocycles. The number of rotatable bonds is 6. The van der Waals surface area contributed by atoms with E-state index in [1.807, 2.05) is 19.1 Å². The smallest absolute Gasteiger partial charge is 0.126 e. The normalized spacial score (nSPS) is 18.6. The van der Waals surface area contributed by atoms with Gasteiger partial charge in [0.05, 0.1) is 5.02 Å². The third-order valence-electron chi connectivity index (χ3n) is 5.90. The molecular formula is C25H28ClFN4. The van der Waals surface area contributed by atoms with Gasteiger partial charge in [-0.05, 0) is 73.6 Å². The number of anilines is 2. The average Bonchev–Trinajstić information content (AvgIpc) is 2.76. The van der Waals surface area contributed by atoms with E-state index in [1.165, 1.54) is 6.07 Å². The quantitative estimate of drug-likeness (QED) is 0.432. The van der Waals surface area contributed by atoms with Crippen molar-refractivity contribution in [3.63, 3.8) is 0 Å². The maximum Gasteiger partial charge on any atom is 0.126 e. The van der Waals surface area contributed by atoms with Crippen LogP contribution in [0.5, 0.6) is 0 Å². The molecule has 6 heteroatoms. The second kappa shape index (κ2) is 9.67. The SMILES string of the molecule is Cc1ccc(-c2cc(N[C@H]3CC[C@H](N)CC3)ncc2Cl)cc1NCc1cccc(F)c1. The van der Waals surface area contributed by atoms with E-state index in [9.17, 15) is 4.39 Å². The zero-order valence-corrected chi connectivity index (χ0v) is 18.4. The van der Waals surface area contributed by atoms with Crippen LogP contribution in [0.2, 0.25) is 5.02 Å². The topological polar surface area (TPSA) is 63.0 Å². The van der Waals surface area contributed by atoms with Gasteiger partial charge in [-0.2, -0.15) is 0 Å². The van der Waals surface area contributed by atoms with Gasteiger partial charge >= 0.3 is 0 Å². The number of pyridine rings is 1. The Morgan fingerprint density at radius 3 is 2.68 bits per heavy atom. The number of hydrogen-bond donors (Lipinski definition) is 3. The highest BCUT2D eigenvalue weighted by molar-refractivity contribution is 6.33. The summed E-state index contributed by atoms with van der Waals surface area (Å²) >= 11 is 6.51. The Balaban J connectivity index is 1.52. The van der Waals surface area contributed by atoms with Crippen molar-refractivity contribution in [2.24, 2.45) is 5.73 Å². The van der Waals surface area contributed by atoms with E-state index in [2.05, 4.69) is 33.8 Å². The number of nitrogens with two attached hydrogens (primary N) is 1. The number of halogens is 2. The Labute approximate surface area is 188 Å². The minimum absolute atomic E-state index is 0.228. The van der Waals surface area contributed by atoms with Crippen LogP contribution in [-0.4, -0.2) is 17.1 Å². The second-order valence-electron chi connectivity index (χ2n) is 8.32. The van der Waals surface area contributed by atoms with Gasteiger partial charge in [0.1, 0.15) is 11.6 Å². The fourth-order valence-electron chi connectivity index (χ4n) is 4.04. The highest BCUT2D eigenvalue weighted by Crippen LogP contribution is 2.33. The molecule has 4 N–H and O–H groups in total. The highest BCUT2D eigenvalue weighted by Gasteiger charge is 2.19. The molecule has 0 bridgehead atoms. The van der Waals surface area contributed by atoms with E-state index < -0.39 is 0 Å². The predicted molar refractivity (Wildman–Crippen MR) is 127 cm³/mol. The first-order chi connectivity index (χ1) is 15.0. The molecule has 1 saturated carbocycles. The Kier molecular flexibility index (Phi) is 6.73. The summed E-state index contributed by atoms with van der Waals surface area (Å²) in [7, 11) is 0. The van der Waals surface area contributed by atoms with Gasteiger partial charge in [-0.15, -0.1) is 0 Å². The average molecular weight is 439 g/mol. The molecule has 4 rings (SSSR count). The van der Waals surface area contributed by atoms with Crippen LogP contribution in [0, 0.1) is 12.7 Å². The van der Waals surface area contributed by atoms with Crippen molar-refractivity contribution in [3.05, 3.63) is 76.7 Å². The molecule has 4 nitrogen and oxygen atoms in total. The lowest BCUT2D eigenvalue weighted by Crippen LogP contribution is -2.33. The van der Waals surface area contributed by atoms with Crippen molar-refractivity contribution in [3.8, 4) is 11.1 Å². The lowest BCUT2D eigenvalue weighted by Gasteiger charge is -2.27. The summed E-state index contributed by atoms with van der Waals surface area (Å²) in [4.78, 5) is 4.48. The molecule has 1 heterocycles. The molecule has 2 aromatic carbocycles. The van der Waals surface area contributed by atoms with Crippen LogP contribution in [0.25, 0.3) is 11.1 Å². The lowest BCUT2D eigenvalue weighted by atomic mass is 9.92. The first-order valence-corrected chi connectivity index (χ1v) is 11.1. The first kappa shape index (κ1) is 21.6. The Morgan fingerprint density at radius 2 is 1.90 bits per heavy atom. The number of aryl methyl sites for hydroxylation is 1. The van der Waals surface area contributed by atoms with Gasteiger partial charge in [-0.1, -0.05) is 35.9 Å². The molecule has 0 unspecified atom stereocenters. The number of nitrogens with one attached hydrogen (secondary N) is 2. The summed E-state index contributed by atoms with van der Waals surface area (Å²) in [5, 5.41) is 7.57. The molecule has 31 heavy (non-hydrogen) atoms. The van der Waals surface area contributed by atoms with Crippen molar-refractivity contribution in [2.75, 3.05) is 10.6 Å². The molecule has 0 radical (unpaired) electrons. The molecule has 0 amide bonds. The zero-order chi connectivity index (χ0) is 21.8. The number of hydrogen-bond acceptors (Lipinski definition) is 4. The van der Waals surface area contributed by atoms with Gasteiger partial charge in [0.2, 0.25) is 0 Å². The van der Waals surface area contributed by atoms with E-state index >= 15 is 0 Å². The van der Waals surface area contributed by atoms with Crippen molar-refractivity contribution in [1.82, 2.24) is 4.98 Å². The van der Waals surface area contributed by atoms with Crippen molar-refractivity contribution >= 4 is 23.1 Å². The van der Waals surface area contributed by atoms with E-state index in [-0.39, 0.29) is 5.82 Å². The minimum atomic E-state index is -0.228. The van der Waals surface area contributed by atoms with Gasteiger partial charge in [0.25, 0.3) is 0 Å². The van der Waals surface area contributed by atoms with E-state index in [1.54, 1.807) is 18.3 Å². The molecule has 0 spiro atoms. The molecule has 0 aliphatic heterocycles. The van der Waals surface area contributed by atoms with Crippen LogP contribution in [0.4, 0.5) is 15.9 Å². The molecule has 162 valence electrons. The Hall–Kier alpha value is -2.63. The number of benzene rings is 2. The van der Waals surface area contributed by atoms with Crippen LogP contribution in [0.1, 0.15) is 36.8 Å². The van der Waals surface area contributed by atoms with Gasteiger partial charge in [0.15, 0.2) is 0 Å². The lowest BCUT2D eigenvalue weighted by molar-refractivity contribution is 0.410. The molecule has 1 aliphatic rings. The van der Waals surface area contributed by atoms with E-state index in [0.29, 0.717) is 23.7 Å². The van der Waals surface area contributed by atoms with Gasteiger partial charge < -0.3 is 16.4 Å². The largest absolute Gasteiger partial charge is 0.381 e. The summed E-state index contributed by atoms with van der Waals surface area (Å²) in [6, 6.07) is 15.6. The monoisotopic (exact) mass is 438 g/mol. The number of aromatic nitrogens is 1. The van der Waals surface area contributed by atoms with Crippen LogP contribution < -0.4 is 16.4 Å². The fraction of sp³-hybridized carbons (Fsp3) is 0.320. The summed E-state index contributed by atoms with van der Waals surface area (Å²) in [5.74, 6) is 0.600. The first-order valence-electron chi connectivity index (χ1n) is 10.7. The summed E-state index contributed by atoms with van der Waals surface area (Å²) < 4.78 is 13.5. The molecule has 0 atom stereocenters. The highest BCUT2D eigenvalue weighted by atomic mass is 35.5. The van der Waals surface area contributed by atoms with Gasteiger partial charge in [-0.25, -0.2) is 9.37 Å². The van der Waals surface area contributed by atoms with Crippen LogP contribution in [0.3, 0.4) is 0 Å². The predicted octanol–water partition coefficient (Wildman–Crippen LogP) is 6.14. The van der Waals surface area contributed by atoms with Crippen LogP contribution in [-0.2, 0) is 6.54 Å². The molecular weight excluding hydrogens is 411 g/mol. The van der Waals surface area contributed by atoms with Crippen LogP contribution in [0.15, 0.2) is 54.7 Å². The van der Waals surface area contributed by atoms with Crippen molar-refractivity contribution in [2.45, 2.75) is 51.2 Å².